The van der Waals surface area contributed by atoms with Gasteiger partial charge in [-0.1, -0.05) is 6.07 Å². The fraction of sp³-hybridized carbons (Fsp3) is 0.429. The van der Waals surface area contributed by atoms with E-state index < -0.39 is 0 Å². The summed E-state index contributed by atoms with van der Waals surface area (Å²) in [6, 6.07) is 8.99. The Morgan fingerprint density at radius 2 is 2.00 bits per heavy atom. The molecule has 0 saturated carbocycles. The van der Waals surface area contributed by atoms with Crippen LogP contribution < -0.4 is 5.32 Å². The first-order chi connectivity index (χ1) is 8.33. The van der Waals surface area contributed by atoms with Gasteiger partial charge in [0, 0.05) is 51.5 Å². The maximum Gasteiger partial charge on any atom is 0.0477 e. The molecule has 0 radical (unpaired) electrons. The minimum atomic E-state index is 1.08. The van der Waals surface area contributed by atoms with Gasteiger partial charge in [-0.2, -0.15) is 0 Å². The van der Waals surface area contributed by atoms with Crippen LogP contribution in [0, 0.1) is 0 Å². The van der Waals surface area contributed by atoms with Crippen molar-refractivity contribution < 1.29 is 0 Å². The molecule has 3 nitrogen and oxygen atoms in total. The zero-order chi connectivity index (χ0) is 11.7. The normalized spacial score (nSPS) is 17.7. The molecule has 1 N–H and O–H groups in total. The van der Waals surface area contributed by atoms with E-state index in [0.717, 1.165) is 32.7 Å². The highest BCUT2D eigenvalue weighted by molar-refractivity contribution is 5.80. The molecular formula is C14H19N3. The van der Waals surface area contributed by atoms with E-state index in [1.807, 2.05) is 0 Å². The smallest absolute Gasteiger partial charge is 0.0477 e. The third kappa shape index (κ3) is 2.21. The second-order valence-electron chi connectivity index (χ2n) is 4.85. The van der Waals surface area contributed by atoms with E-state index in [4.69, 9.17) is 0 Å². The lowest BCUT2D eigenvalue weighted by Crippen LogP contribution is -2.42. The van der Waals surface area contributed by atoms with Gasteiger partial charge in [-0.05, 0) is 29.1 Å². The monoisotopic (exact) mass is 229 g/mol. The van der Waals surface area contributed by atoms with Crippen molar-refractivity contribution in [3.8, 4) is 0 Å². The number of fused-ring (bicyclic) bond motifs is 1. The first kappa shape index (κ1) is 10.8. The number of rotatable bonds is 2. The predicted molar refractivity (Wildman–Crippen MR) is 71.1 cm³/mol. The molecule has 1 aromatic carbocycles. The molecule has 0 unspecified atom stereocenters. The summed E-state index contributed by atoms with van der Waals surface area (Å²) in [5.74, 6) is 0. The summed E-state index contributed by atoms with van der Waals surface area (Å²) in [6.45, 7) is 5.63. The summed E-state index contributed by atoms with van der Waals surface area (Å²) in [6.07, 6.45) is 2.12. The molecule has 1 aliphatic heterocycles. The second kappa shape index (κ2) is 4.51. The number of nitrogens with one attached hydrogen (secondary N) is 1. The molecule has 0 spiro atoms. The van der Waals surface area contributed by atoms with Gasteiger partial charge in [0.2, 0.25) is 0 Å². The van der Waals surface area contributed by atoms with Gasteiger partial charge < -0.3 is 9.88 Å². The third-order valence-electron chi connectivity index (χ3n) is 3.57. The van der Waals surface area contributed by atoms with Crippen molar-refractivity contribution in [2.75, 3.05) is 26.2 Å². The van der Waals surface area contributed by atoms with Gasteiger partial charge in [0.1, 0.15) is 0 Å². The van der Waals surface area contributed by atoms with Crippen LogP contribution in [-0.4, -0.2) is 35.6 Å². The molecule has 2 aromatic rings. The highest BCUT2D eigenvalue weighted by Gasteiger charge is 2.10. The lowest BCUT2D eigenvalue weighted by Gasteiger charge is -2.27. The van der Waals surface area contributed by atoms with Crippen LogP contribution in [0.4, 0.5) is 0 Å². The summed E-state index contributed by atoms with van der Waals surface area (Å²) in [4.78, 5) is 2.51. The molecule has 1 saturated heterocycles. The molecule has 0 aliphatic carbocycles. The quantitative estimate of drug-likeness (QED) is 0.844. The lowest BCUT2D eigenvalue weighted by molar-refractivity contribution is 0.233. The molecule has 1 fully saturated rings. The Kier molecular flexibility index (Phi) is 2.87. The molecule has 0 amide bonds. The Hall–Kier alpha value is -1.32. The van der Waals surface area contributed by atoms with Gasteiger partial charge >= 0.3 is 0 Å². The number of aromatic nitrogens is 1. The van der Waals surface area contributed by atoms with E-state index >= 15 is 0 Å². The summed E-state index contributed by atoms with van der Waals surface area (Å²) >= 11 is 0. The number of hydrogen-bond donors (Lipinski definition) is 1. The van der Waals surface area contributed by atoms with Crippen LogP contribution in [0.1, 0.15) is 5.56 Å². The van der Waals surface area contributed by atoms with Crippen molar-refractivity contribution in [1.29, 1.82) is 0 Å². The average Bonchev–Trinajstić information content (AvgIpc) is 2.72. The molecular weight excluding hydrogens is 210 g/mol. The maximum atomic E-state index is 3.39. The highest BCUT2D eigenvalue weighted by atomic mass is 15.2. The summed E-state index contributed by atoms with van der Waals surface area (Å²) in [5, 5.41) is 4.74. The fourth-order valence-corrected chi connectivity index (χ4v) is 2.56. The van der Waals surface area contributed by atoms with E-state index in [1.54, 1.807) is 0 Å². The van der Waals surface area contributed by atoms with E-state index in [1.165, 1.54) is 16.5 Å². The van der Waals surface area contributed by atoms with E-state index in [-0.39, 0.29) is 0 Å². The summed E-state index contributed by atoms with van der Waals surface area (Å²) in [7, 11) is 2.10. The summed E-state index contributed by atoms with van der Waals surface area (Å²) in [5.41, 5.74) is 2.74. The number of benzene rings is 1. The van der Waals surface area contributed by atoms with Crippen molar-refractivity contribution in [2.45, 2.75) is 6.54 Å². The van der Waals surface area contributed by atoms with Crippen LogP contribution in [0.15, 0.2) is 30.5 Å². The Morgan fingerprint density at radius 3 is 2.82 bits per heavy atom. The molecule has 0 atom stereocenters. The standard InChI is InChI=1S/C14H19N3/c1-16-7-4-13-10-12(2-3-14(13)16)11-17-8-5-15-6-9-17/h2-4,7,10,15H,5-6,8-9,11H2,1H3. The molecule has 90 valence electrons. The van der Waals surface area contributed by atoms with Crippen molar-refractivity contribution in [3.05, 3.63) is 36.0 Å². The van der Waals surface area contributed by atoms with Crippen LogP contribution in [0.5, 0.6) is 0 Å². The first-order valence-electron chi connectivity index (χ1n) is 6.30. The predicted octanol–water partition coefficient (Wildman–Crippen LogP) is 1.58. The average molecular weight is 229 g/mol. The van der Waals surface area contributed by atoms with Gasteiger partial charge in [-0.3, -0.25) is 4.90 Å². The molecule has 2 heterocycles. The molecule has 3 heteroatoms. The van der Waals surface area contributed by atoms with Crippen molar-refractivity contribution >= 4 is 10.9 Å². The van der Waals surface area contributed by atoms with E-state index in [2.05, 4.69) is 52.3 Å². The molecule has 1 aromatic heterocycles. The van der Waals surface area contributed by atoms with E-state index in [0.29, 0.717) is 0 Å². The van der Waals surface area contributed by atoms with Gasteiger partial charge in [-0.15, -0.1) is 0 Å². The Bertz CT molecular complexity index is 509. The van der Waals surface area contributed by atoms with Crippen molar-refractivity contribution in [2.24, 2.45) is 7.05 Å². The van der Waals surface area contributed by atoms with Gasteiger partial charge in [0.05, 0.1) is 0 Å². The topological polar surface area (TPSA) is 20.2 Å². The number of piperazine rings is 1. The van der Waals surface area contributed by atoms with Gasteiger partial charge in [0.25, 0.3) is 0 Å². The number of aryl methyl sites for hydroxylation is 1. The fourth-order valence-electron chi connectivity index (χ4n) is 2.56. The highest BCUT2D eigenvalue weighted by Crippen LogP contribution is 2.17. The maximum absolute atomic E-state index is 3.39. The molecule has 0 bridgehead atoms. The Morgan fingerprint density at radius 1 is 1.18 bits per heavy atom. The Labute approximate surface area is 102 Å². The van der Waals surface area contributed by atoms with Crippen LogP contribution in [0.25, 0.3) is 10.9 Å². The SMILES string of the molecule is Cn1ccc2cc(CN3CCNCC3)ccc21. The van der Waals surface area contributed by atoms with E-state index in [9.17, 15) is 0 Å². The van der Waals surface area contributed by atoms with Crippen LogP contribution >= 0.6 is 0 Å². The molecule has 3 rings (SSSR count). The molecule has 17 heavy (non-hydrogen) atoms. The van der Waals surface area contributed by atoms with Crippen LogP contribution in [0.3, 0.4) is 0 Å². The summed E-state index contributed by atoms with van der Waals surface area (Å²) < 4.78 is 2.17. The van der Waals surface area contributed by atoms with Gasteiger partial charge in [0.15, 0.2) is 0 Å². The second-order valence-corrected chi connectivity index (χ2v) is 4.85. The largest absolute Gasteiger partial charge is 0.351 e. The lowest BCUT2D eigenvalue weighted by atomic mass is 10.1. The number of nitrogens with zero attached hydrogens (tertiary/aromatic N) is 2. The molecule has 1 aliphatic rings. The Balaban J connectivity index is 1.80. The minimum absolute atomic E-state index is 1.08. The van der Waals surface area contributed by atoms with Crippen LogP contribution in [0.2, 0.25) is 0 Å². The zero-order valence-corrected chi connectivity index (χ0v) is 10.3. The van der Waals surface area contributed by atoms with Crippen molar-refractivity contribution in [3.63, 3.8) is 0 Å². The van der Waals surface area contributed by atoms with Crippen molar-refractivity contribution in [1.82, 2.24) is 14.8 Å². The minimum Gasteiger partial charge on any atom is -0.351 e. The van der Waals surface area contributed by atoms with Crippen LogP contribution in [-0.2, 0) is 13.6 Å². The zero-order valence-electron chi connectivity index (χ0n) is 10.3. The third-order valence-corrected chi connectivity index (χ3v) is 3.57. The number of hydrogen-bond acceptors (Lipinski definition) is 2. The van der Waals surface area contributed by atoms with Gasteiger partial charge in [-0.25, -0.2) is 0 Å². The first-order valence-corrected chi connectivity index (χ1v) is 6.30.